The first-order chi connectivity index (χ1) is 18.2. The summed E-state index contributed by atoms with van der Waals surface area (Å²) in [6, 6.07) is 5.08. The summed E-state index contributed by atoms with van der Waals surface area (Å²) in [5.74, 6) is -6.21. The van der Waals surface area contributed by atoms with E-state index in [2.05, 4.69) is 20.5 Å². The highest BCUT2D eigenvalue weighted by Gasteiger charge is 2.82. The van der Waals surface area contributed by atoms with Gasteiger partial charge in [-0.15, -0.1) is 5.10 Å². The summed E-state index contributed by atoms with van der Waals surface area (Å²) in [6.45, 7) is -2.14. The average molecular weight is 561 g/mol. The van der Waals surface area contributed by atoms with Gasteiger partial charge in [0.25, 0.3) is 5.92 Å². The molecule has 0 amide bonds. The first kappa shape index (κ1) is 27.4. The van der Waals surface area contributed by atoms with Gasteiger partial charge in [-0.2, -0.15) is 13.2 Å². The van der Waals surface area contributed by atoms with Crippen molar-refractivity contribution in [3.05, 3.63) is 71.3 Å². The minimum absolute atomic E-state index is 0.0525. The van der Waals surface area contributed by atoms with E-state index < -0.39 is 65.0 Å². The third kappa shape index (κ3) is 4.45. The lowest BCUT2D eigenvalue weighted by atomic mass is 9.30. The summed E-state index contributed by atoms with van der Waals surface area (Å²) in [4.78, 5) is 4.13. The van der Waals surface area contributed by atoms with Gasteiger partial charge >= 0.3 is 6.18 Å². The second-order valence-corrected chi connectivity index (χ2v) is 10.3. The van der Waals surface area contributed by atoms with Gasteiger partial charge in [-0.25, -0.2) is 22.2 Å². The molecule has 3 aromatic rings. The van der Waals surface area contributed by atoms with E-state index >= 15 is 8.78 Å². The van der Waals surface area contributed by atoms with E-state index in [1.165, 1.54) is 12.3 Å². The number of halogens is 7. The SMILES string of the molecule is OC(COCc1ccc(C23CC(C(F)(F)C(O)(Cn4cnnn4)c4ccc(F)cc4F)(C2)C3)cn1)C(F)(F)F. The van der Waals surface area contributed by atoms with Crippen LogP contribution < -0.4 is 0 Å². The zero-order chi connectivity index (χ0) is 28.3. The van der Waals surface area contributed by atoms with E-state index in [-0.39, 0.29) is 31.6 Å². The molecule has 2 unspecified atom stereocenters. The average Bonchev–Trinajstić information content (AvgIpc) is 3.30. The summed E-state index contributed by atoms with van der Waals surface area (Å²) < 4.78 is 103. The number of alkyl halides is 5. The van der Waals surface area contributed by atoms with E-state index in [1.54, 1.807) is 6.07 Å². The van der Waals surface area contributed by atoms with Crippen LogP contribution in [0.3, 0.4) is 0 Å². The number of ether oxygens (including phenoxy) is 1. The molecule has 3 aliphatic rings. The van der Waals surface area contributed by atoms with E-state index in [0.29, 0.717) is 11.6 Å². The number of aliphatic hydroxyl groups is 2. The lowest BCUT2D eigenvalue weighted by Crippen LogP contribution is -2.76. The number of benzene rings is 1. The lowest BCUT2D eigenvalue weighted by molar-refractivity contribution is -0.347. The van der Waals surface area contributed by atoms with E-state index in [0.717, 1.165) is 23.1 Å². The molecule has 39 heavy (non-hydrogen) atoms. The maximum absolute atomic E-state index is 16.2. The van der Waals surface area contributed by atoms with Crippen LogP contribution in [0.25, 0.3) is 0 Å². The van der Waals surface area contributed by atoms with Crippen molar-refractivity contribution in [1.82, 2.24) is 25.2 Å². The standard InChI is InChI=1S/C24H22F7N5O3/c25-15-2-4-17(18(26)5-15)22(38,12-36-13-33-34-35-36)24(30,31)21-9-20(10-21,11-21)14-1-3-16(32-6-14)7-39-8-19(37)23(27,28)29/h1-6,13,19,37-38H,7-12H2. The van der Waals surface area contributed by atoms with Crippen molar-refractivity contribution < 1.29 is 45.7 Å². The molecular weight excluding hydrogens is 539 g/mol. The number of pyridine rings is 1. The van der Waals surface area contributed by atoms with Crippen LogP contribution in [0, 0.1) is 17.0 Å². The molecule has 0 saturated heterocycles. The number of tetrazole rings is 1. The summed E-state index contributed by atoms with van der Waals surface area (Å²) in [5.41, 5.74) is -5.35. The van der Waals surface area contributed by atoms with Crippen molar-refractivity contribution in [3.8, 4) is 0 Å². The molecule has 0 spiro atoms. The molecule has 0 aliphatic heterocycles. The minimum atomic E-state index is -4.81. The highest BCUT2D eigenvalue weighted by atomic mass is 19.4. The minimum Gasteiger partial charge on any atom is -0.382 e. The monoisotopic (exact) mass is 561 g/mol. The van der Waals surface area contributed by atoms with E-state index in [1.807, 2.05) is 0 Å². The summed E-state index contributed by atoms with van der Waals surface area (Å²) in [7, 11) is 0. The molecule has 210 valence electrons. The van der Waals surface area contributed by atoms with Crippen LogP contribution in [0.15, 0.2) is 42.9 Å². The topological polar surface area (TPSA) is 106 Å². The molecule has 0 radical (unpaired) electrons. The Hall–Kier alpha value is -3.17. The highest BCUT2D eigenvalue weighted by molar-refractivity contribution is 5.42. The van der Waals surface area contributed by atoms with Crippen LogP contribution >= 0.6 is 0 Å². The molecule has 8 nitrogen and oxygen atoms in total. The zero-order valence-corrected chi connectivity index (χ0v) is 20.0. The predicted octanol–water partition coefficient (Wildman–Crippen LogP) is 3.43. The summed E-state index contributed by atoms with van der Waals surface area (Å²) >= 11 is 0. The van der Waals surface area contributed by atoms with Crippen LogP contribution in [-0.2, 0) is 28.9 Å². The van der Waals surface area contributed by atoms with Crippen molar-refractivity contribution in [2.45, 2.75) is 61.6 Å². The van der Waals surface area contributed by atoms with Gasteiger partial charge in [0.05, 0.1) is 25.5 Å². The number of hydrogen-bond donors (Lipinski definition) is 2. The lowest BCUT2D eigenvalue weighted by Gasteiger charge is -2.74. The third-order valence-corrected chi connectivity index (χ3v) is 7.72. The molecule has 2 heterocycles. The molecule has 3 aliphatic carbocycles. The fraction of sp³-hybridized carbons (Fsp3) is 0.500. The summed E-state index contributed by atoms with van der Waals surface area (Å²) in [6.07, 6.45) is -5.17. The van der Waals surface area contributed by atoms with Gasteiger partial charge < -0.3 is 14.9 Å². The number of nitrogens with zero attached hydrogens (tertiary/aromatic N) is 5. The number of hydrogen-bond acceptors (Lipinski definition) is 7. The molecule has 2 atom stereocenters. The Labute approximate surface area is 216 Å². The van der Waals surface area contributed by atoms with Gasteiger partial charge in [0, 0.05) is 23.2 Å². The quantitative estimate of drug-likeness (QED) is 0.366. The Bertz CT molecular complexity index is 1320. The fourth-order valence-electron chi connectivity index (χ4n) is 5.72. The van der Waals surface area contributed by atoms with Crippen molar-refractivity contribution in [1.29, 1.82) is 0 Å². The van der Waals surface area contributed by atoms with E-state index in [4.69, 9.17) is 9.84 Å². The van der Waals surface area contributed by atoms with Crippen LogP contribution in [0.4, 0.5) is 30.7 Å². The van der Waals surface area contributed by atoms with Gasteiger partial charge in [-0.3, -0.25) is 4.98 Å². The maximum atomic E-state index is 16.2. The second kappa shape index (κ2) is 9.20. The molecular formula is C24H22F7N5O3. The van der Waals surface area contributed by atoms with Crippen molar-refractivity contribution in [2.75, 3.05) is 6.61 Å². The van der Waals surface area contributed by atoms with Crippen LogP contribution in [0.2, 0.25) is 0 Å². The fourth-order valence-corrected chi connectivity index (χ4v) is 5.72. The molecule has 15 heteroatoms. The number of aliphatic hydroxyl groups excluding tert-OH is 1. The smallest absolute Gasteiger partial charge is 0.382 e. The van der Waals surface area contributed by atoms with Crippen LogP contribution in [0.1, 0.15) is 36.1 Å². The van der Waals surface area contributed by atoms with Crippen LogP contribution in [-0.4, -0.2) is 60.2 Å². The molecule has 2 aromatic heterocycles. The second-order valence-electron chi connectivity index (χ2n) is 10.3. The number of aromatic nitrogens is 5. The third-order valence-electron chi connectivity index (χ3n) is 7.72. The maximum Gasteiger partial charge on any atom is 0.416 e. The molecule has 6 rings (SSSR count). The Morgan fingerprint density at radius 3 is 2.33 bits per heavy atom. The van der Waals surface area contributed by atoms with Crippen molar-refractivity contribution in [3.63, 3.8) is 0 Å². The zero-order valence-electron chi connectivity index (χ0n) is 20.0. The van der Waals surface area contributed by atoms with Gasteiger partial charge in [0.2, 0.25) is 0 Å². The Balaban J connectivity index is 1.31. The molecule has 2 N–H and O–H groups in total. The van der Waals surface area contributed by atoms with Gasteiger partial charge in [0.15, 0.2) is 11.7 Å². The van der Waals surface area contributed by atoms with E-state index in [9.17, 15) is 27.1 Å². The number of rotatable bonds is 10. The van der Waals surface area contributed by atoms with Gasteiger partial charge in [-0.05, 0) is 58.9 Å². The Kier molecular flexibility index (Phi) is 6.46. The molecule has 3 fully saturated rings. The Morgan fingerprint density at radius 1 is 1.05 bits per heavy atom. The largest absolute Gasteiger partial charge is 0.416 e. The van der Waals surface area contributed by atoms with Gasteiger partial charge in [-0.1, -0.05) is 6.07 Å². The van der Waals surface area contributed by atoms with Gasteiger partial charge in [0.1, 0.15) is 18.0 Å². The van der Waals surface area contributed by atoms with Crippen molar-refractivity contribution in [2.24, 2.45) is 5.41 Å². The Morgan fingerprint density at radius 2 is 1.77 bits per heavy atom. The first-order valence-corrected chi connectivity index (χ1v) is 11.8. The first-order valence-electron chi connectivity index (χ1n) is 11.8. The highest BCUT2D eigenvalue weighted by Crippen LogP contribution is 2.80. The molecule has 2 bridgehead atoms. The summed E-state index contributed by atoms with van der Waals surface area (Å²) in [5, 5.41) is 30.6. The van der Waals surface area contributed by atoms with Crippen LogP contribution in [0.5, 0.6) is 0 Å². The predicted molar refractivity (Wildman–Crippen MR) is 117 cm³/mol. The molecule has 3 saturated carbocycles. The van der Waals surface area contributed by atoms with Crippen molar-refractivity contribution >= 4 is 0 Å². The normalized spacial score (nSPS) is 24.9. The molecule has 1 aromatic carbocycles.